The Hall–Kier alpha value is 0.300. The summed E-state index contributed by atoms with van der Waals surface area (Å²) in [6, 6.07) is 0. The van der Waals surface area contributed by atoms with E-state index in [1.165, 1.54) is 0 Å². The van der Waals surface area contributed by atoms with Crippen LogP contribution in [0.15, 0.2) is 0 Å². The lowest BCUT2D eigenvalue weighted by Gasteiger charge is -2.32. The van der Waals surface area contributed by atoms with Gasteiger partial charge in [-0.05, 0) is 19.8 Å². The first-order valence-corrected chi connectivity index (χ1v) is 9.69. The summed E-state index contributed by atoms with van der Waals surface area (Å²) < 4.78 is 48.3. The van der Waals surface area contributed by atoms with Crippen LogP contribution in [-0.4, -0.2) is 23.7 Å². The first kappa shape index (κ1) is 21.3. The number of hydrogen-bond donors (Lipinski definition) is 1. The smallest absolute Gasteiger partial charge is 0.280 e. The third-order valence-corrected chi connectivity index (χ3v) is 5.83. The number of phosphoric ester groups is 1. The van der Waals surface area contributed by atoms with E-state index in [1.54, 1.807) is 6.92 Å². The lowest BCUT2D eigenvalue weighted by molar-refractivity contribution is -0.250. The summed E-state index contributed by atoms with van der Waals surface area (Å²) in [6.07, 6.45) is 0.570. The third-order valence-electron chi connectivity index (χ3n) is 2.14. The molecule has 5 atom stereocenters. The molecule has 21 heavy (non-hydrogen) atoms. The first-order valence-electron chi connectivity index (χ1n) is 5.27. The molecule has 0 aliphatic carbocycles. The zero-order valence-corrected chi connectivity index (χ0v) is 13.2. The van der Waals surface area contributed by atoms with Gasteiger partial charge in [0.15, 0.2) is 0 Å². The molecular formula is C6H13FO11P3-3. The molecule has 11 nitrogen and oxygen atoms in total. The zero-order chi connectivity index (χ0) is 15.6. The fourth-order valence-corrected chi connectivity index (χ4v) is 4.39. The Bertz CT molecular complexity index is 477. The molecule has 0 radical (unpaired) electrons. The second-order valence-electron chi connectivity index (χ2n) is 3.97. The van der Waals surface area contributed by atoms with E-state index in [-0.39, 0.29) is 10.8 Å². The Balaban J connectivity index is 0.00000400. The number of rotatable bonds is 7. The lowest BCUT2D eigenvalue weighted by Crippen LogP contribution is -2.20. The molecule has 128 valence electrons. The van der Waals surface area contributed by atoms with Gasteiger partial charge in [-0.3, -0.25) is 18.4 Å². The lowest BCUT2D eigenvalue weighted by atomic mass is 10.2. The molecule has 0 aromatic rings. The van der Waals surface area contributed by atoms with E-state index in [0.29, 0.717) is 12.8 Å². The van der Waals surface area contributed by atoms with Gasteiger partial charge in [-0.1, -0.05) is 0 Å². The van der Waals surface area contributed by atoms with Crippen LogP contribution in [0.5, 0.6) is 0 Å². The topological polar surface area (TPSA) is 178 Å². The van der Waals surface area contributed by atoms with Crippen LogP contribution in [-0.2, 0) is 31.6 Å². The molecule has 1 fully saturated rings. The van der Waals surface area contributed by atoms with E-state index in [2.05, 4.69) is 13.1 Å². The molecule has 1 aliphatic rings. The summed E-state index contributed by atoms with van der Waals surface area (Å²) in [6.45, 7) is 1.28. The highest BCUT2D eigenvalue weighted by Gasteiger charge is 2.27. The van der Waals surface area contributed by atoms with Crippen molar-refractivity contribution in [2.24, 2.45) is 0 Å². The molecule has 0 aromatic heterocycles. The van der Waals surface area contributed by atoms with Gasteiger partial charge in [0.2, 0.25) is 0 Å². The molecule has 1 N–H and O–H groups in total. The minimum absolute atomic E-state index is 0. The largest absolute Gasteiger partial charge is 0.756 e. The van der Waals surface area contributed by atoms with Crippen molar-refractivity contribution in [2.45, 2.75) is 32.0 Å². The summed E-state index contributed by atoms with van der Waals surface area (Å²) in [5.74, 6) is 0. The standard InChI is InChI=1S/C6H15O11P3.FH/c1-5-2-3-6(15-5)4-14-19(10,11)17-20(12,13)16-18(7,8)9;/h5-6H,2-4H2,1H3,(H,10,11)(H,12,13)(H2,7,8,9);1H/p-3/t5-,6-;/m0./s1. The van der Waals surface area contributed by atoms with Crippen molar-refractivity contribution in [3.8, 4) is 0 Å². The van der Waals surface area contributed by atoms with Crippen LogP contribution in [0, 0.1) is 0 Å². The van der Waals surface area contributed by atoms with Crippen LogP contribution in [0.1, 0.15) is 19.8 Å². The van der Waals surface area contributed by atoms with Gasteiger partial charge in [-0.25, -0.2) is 8.62 Å². The van der Waals surface area contributed by atoms with Gasteiger partial charge >= 0.3 is 0 Å². The Labute approximate surface area is 119 Å². The molecule has 1 aliphatic heterocycles. The number of ether oxygens (including phenoxy) is 1. The van der Waals surface area contributed by atoms with E-state index in [0.717, 1.165) is 0 Å². The van der Waals surface area contributed by atoms with Crippen molar-refractivity contribution in [1.82, 2.24) is 0 Å². The summed E-state index contributed by atoms with van der Waals surface area (Å²) in [7, 11) is -16.9. The highest BCUT2D eigenvalue weighted by Crippen LogP contribution is 2.61. The Kier molecular flexibility index (Phi) is 7.83. The van der Waals surface area contributed by atoms with E-state index >= 15 is 0 Å². The van der Waals surface area contributed by atoms with E-state index < -0.39 is 36.2 Å². The third kappa shape index (κ3) is 9.12. The van der Waals surface area contributed by atoms with Crippen LogP contribution >= 0.6 is 23.5 Å². The normalized spacial score (nSPS) is 30.7. The van der Waals surface area contributed by atoms with Gasteiger partial charge in [0.1, 0.15) is 0 Å². The second kappa shape index (κ2) is 7.72. The molecule has 0 bridgehead atoms. The van der Waals surface area contributed by atoms with Gasteiger partial charge < -0.3 is 28.8 Å². The zero-order valence-electron chi connectivity index (χ0n) is 10.6. The molecule has 0 amide bonds. The van der Waals surface area contributed by atoms with E-state index in [1.807, 2.05) is 0 Å². The Morgan fingerprint density at radius 3 is 2.14 bits per heavy atom. The first-order chi connectivity index (χ1) is 8.89. The number of halogens is 1. The molecule has 15 heteroatoms. The average Bonchev–Trinajstić information content (AvgIpc) is 2.55. The molecule has 0 spiro atoms. The molecule has 1 rings (SSSR count). The molecule has 0 saturated carbocycles. The van der Waals surface area contributed by atoms with Crippen molar-refractivity contribution in [3.05, 3.63) is 0 Å². The van der Waals surface area contributed by atoms with Crippen molar-refractivity contribution in [1.29, 1.82) is 0 Å². The minimum Gasteiger partial charge on any atom is -0.756 e. The predicted molar refractivity (Wildman–Crippen MR) is 59.2 cm³/mol. The van der Waals surface area contributed by atoms with Crippen LogP contribution in [0.25, 0.3) is 0 Å². The quantitative estimate of drug-likeness (QED) is 0.550. The van der Waals surface area contributed by atoms with Gasteiger partial charge in [-0.15, -0.1) is 0 Å². The maximum absolute atomic E-state index is 11.2. The molecule has 1 saturated heterocycles. The molecule has 3 unspecified atom stereocenters. The highest BCUT2D eigenvalue weighted by molar-refractivity contribution is 7.65. The van der Waals surface area contributed by atoms with Crippen molar-refractivity contribution >= 4 is 23.5 Å². The molecule has 1 heterocycles. The SMILES string of the molecule is C[C@H]1CC[C@@H](COP(=O)([O-])OP(=O)([O-])OP(=O)([O-])O)O1.F. The van der Waals surface area contributed by atoms with E-state index in [4.69, 9.17) is 9.63 Å². The van der Waals surface area contributed by atoms with Gasteiger partial charge in [0.25, 0.3) is 23.5 Å². The maximum Gasteiger partial charge on any atom is 0.280 e. The van der Waals surface area contributed by atoms with Crippen molar-refractivity contribution in [2.75, 3.05) is 6.61 Å². The van der Waals surface area contributed by atoms with Crippen molar-refractivity contribution < 1.29 is 55.9 Å². The Morgan fingerprint density at radius 2 is 1.71 bits per heavy atom. The maximum atomic E-state index is 11.2. The predicted octanol–water partition coefficient (Wildman–Crippen LogP) is -0.846. The monoisotopic (exact) mass is 373 g/mol. The Morgan fingerprint density at radius 1 is 1.14 bits per heavy atom. The van der Waals surface area contributed by atoms with Crippen LogP contribution < -0.4 is 14.7 Å². The van der Waals surface area contributed by atoms with Crippen LogP contribution in [0.2, 0.25) is 0 Å². The summed E-state index contributed by atoms with van der Waals surface area (Å²) >= 11 is 0. The number of phosphoric acid groups is 3. The second-order valence-corrected chi connectivity index (χ2v) is 8.26. The average molecular weight is 373 g/mol. The van der Waals surface area contributed by atoms with Gasteiger partial charge in [0, 0.05) is 0 Å². The minimum atomic E-state index is -5.83. The highest BCUT2D eigenvalue weighted by atomic mass is 31.3. The van der Waals surface area contributed by atoms with Gasteiger partial charge in [-0.2, -0.15) is 0 Å². The number of hydrogen-bond acceptors (Lipinski definition) is 10. The van der Waals surface area contributed by atoms with Crippen LogP contribution in [0.4, 0.5) is 4.70 Å². The summed E-state index contributed by atoms with van der Waals surface area (Å²) in [5, 5.41) is 0. The van der Waals surface area contributed by atoms with Crippen molar-refractivity contribution in [3.63, 3.8) is 0 Å². The fraction of sp³-hybridized carbons (Fsp3) is 1.00. The molecular weight excluding hydrogens is 360 g/mol. The summed E-state index contributed by atoms with van der Waals surface area (Å²) in [5.41, 5.74) is 0. The van der Waals surface area contributed by atoms with E-state index in [9.17, 15) is 28.4 Å². The molecule has 0 aromatic carbocycles. The summed E-state index contributed by atoms with van der Waals surface area (Å²) in [4.78, 5) is 40.4. The van der Waals surface area contributed by atoms with Gasteiger partial charge in [0.05, 0.1) is 18.8 Å². The fourth-order valence-electron chi connectivity index (χ4n) is 1.47. The van der Waals surface area contributed by atoms with Crippen LogP contribution in [0.3, 0.4) is 0 Å².